The molecular formula is C10H9ClN4. The van der Waals surface area contributed by atoms with Crippen LogP contribution in [0.15, 0.2) is 36.9 Å². The highest BCUT2D eigenvalue weighted by Crippen LogP contribution is 2.08. The minimum atomic E-state index is 0.381. The number of nitrogens with one attached hydrogen (secondary N) is 1. The van der Waals surface area contributed by atoms with E-state index in [0.717, 1.165) is 5.56 Å². The molecule has 2 aromatic rings. The van der Waals surface area contributed by atoms with Gasteiger partial charge in [-0.1, -0.05) is 17.7 Å². The summed E-state index contributed by atoms with van der Waals surface area (Å²) in [6.45, 7) is 0.656. The third kappa shape index (κ3) is 2.89. The zero-order valence-corrected chi connectivity index (χ0v) is 8.65. The van der Waals surface area contributed by atoms with E-state index in [4.69, 9.17) is 11.6 Å². The highest BCUT2D eigenvalue weighted by Gasteiger charge is 1.96. The van der Waals surface area contributed by atoms with Gasteiger partial charge < -0.3 is 5.32 Å². The number of anilines is 1. The Morgan fingerprint density at radius 1 is 1.20 bits per heavy atom. The van der Waals surface area contributed by atoms with Crippen LogP contribution in [0, 0.1) is 0 Å². The summed E-state index contributed by atoms with van der Waals surface area (Å²) in [5.74, 6) is 0.659. The van der Waals surface area contributed by atoms with Gasteiger partial charge in [-0.25, -0.2) is 4.98 Å². The number of hydrogen-bond acceptors (Lipinski definition) is 4. The summed E-state index contributed by atoms with van der Waals surface area (Å²) >= 11 is 5.70. The van der Waals surface area contributed by atoms with Crippen LogP contribution < -0.4 is 5.32 Å². The predicted molar refractivity (Wildman–Crippen MR) is 58.6 cm³/mol. The third-order valence-electron chi connectivity index (χ3n) is 1.80. The normalized spacial score (nSPS) is 9.93. The van der Waals surface area contributed by atoms with E-state index in [1.54, 1.807) is 18.6 Å². The van der Waals surface area contributed by atoms with Crippen molar-refractivity contribution in [2.45, 2.75) is 6.54 Å². The van der Waals surface area contributed by atoms with Crippen molar-refractivity contribution >= 4 is 17.4 Å². The van der Waals surface area contributed by atoms with Gasteiger partial charge in [0.25, 0.3) is 0 Å². The van der Waals surface area contributed by atoms with E-state index in [-0.39, 0.29) is 0 Å². The predicted octanol–water partition coefficient (Wildman–Crippen LogP) is 2.14. The Labute approximate surface area is 92.4 Å². The van der Waals surface area contributed by atoms with Crippen molar-refractivity contribution in [1.82, 2.24) is 15.0 Å². The number of halogens is 1. The molecule has 0 atom stereocenters. The molecule has 0 fully saturated rings. The molecule has 0 aliphatic rings. The molecule has 2 heterocycles. The molecule has 0 amide bonds. The Morgan fingerprint density at radius 3 is 2.87 bits per heavy atom. The van der Waals surface area contributed by atoms with Crippen molar-refractivity contribution in [1.29, 1.82) is 0 Å². The van der Waals surface area contributed by atoms with E-state index in [2.05, 4.69) is 20.3 Å². The number of rotatable bonds is 3. The summed E-state index contributed by atoms with van der Waals surface area (Å²) in [5.41, 5.74) is 1.08. The van der Waals surface area contributed by atoms with Crippen molar-refractivity contribution < 1.29 is 0 Å². The van der Waals surface area contributed by atoms with Gasteiger partial charge in [0.1, 0.15) is 11.0 Å². The van der Waals surface area contributed by atoms with E-state index in [1.165, 1.54) is 6.20 Å². The lowest BCUT2D eigenvalue weighted by molar-refractivity contribution is 1.07. The van der Waals surface area contributed by atoms with Crippen molar-refractivity contribution in [3.63, 3.8) is 0 Å². The topological polar surface area (TPSA) is 50.7 Å². The average molecular weight is 221 g/mol. The fourth-order valence-electron chi connectivity index (χ4n) is 1.12. The molecule has 0 aromatic carbocycles. The Kier molecular flexibility index (Phi) is 3.09. The summed E-state index contributed by atoms with van der Waals surface area (Å²) in [7, 11) is 0. The van der Waals surface area contributed by atoms with Gasteiger partial charge in [-0.3, -0.25) is 9.97 Å². The van der Waals surface area contributed by atoms with Crippen LogP contribution in [0.2, 0.25) is 5.15 Å². The van der Waals surface area contributed by atoms with Crippen LogP contribution in [0.25, 0.3) is 0 Å². The van der Waals surface area contributed by atoms with Crippen LogP contribution in [-0.2, 0) is 6.54 Å². The van der Waals surface area contributed by atoms with Gasteiger partial charge in [-0.05, 0) is 11.6 Å². The van der Waals surface area contributed by atoms with Crippen LogP contribution in [-0.4, -0.2) is 15.0 Å². The quantitative estimate of drug-likeness (QED) is 0.861. The molecule has 0 spiro atoms. The summed E-state index contributed by atoms with van der Waals surface area (Å²) in [5, 5.41) is 3.48. The molecule has 5 heteroatoms. The Bertz CT molecular complexity index is 432. The standard InChI is InChI=1S/C10H9ClN4/c11-9-6-13-7-10(15-9)14-5-8-2-1-3-12-4-8/h1-4,6-7H,5H2,(H,14,15). The molecule has 0 unspecified atom stereocenters. The van der Waals surface area contributed by atoms with Crippen LogP contribution in [0.5, 0.6) is 0 Å². The third-order valence-corrected chi connectivity index (χ3v) is 1.98. The highest BCUT2D eigenvalue weighted by molar-refractivity contribution is 6.29. The van der Waals surface area contributed by atoms with E-state index in [1.807, 2.05) is 12.1 Å². The van der Waals surface area contributed by atoms with Gasteiger partial charge in [0.05, 0.1) is 12.4 Å². The second-order valence-electron chi connectivity index (χ2n) is 2.94. The van der Waals surface area contributed by atoms with Crippen LogP contribution >= 0.6 is 11.6 Å². The highest BCUT2D eigenvalue weighted by atomic mass is 35.5. The average Bonchev–Trinajstić information content (AvgIpc) is 2.28. The fraction of sp³-hybridized carbons (Fsp3) is 0.100. The minimum Gasteiger partial charge on any atom is -0.365 e. The molecule has 0 saturated heterocycles. The maximum absolute atomic E-state index is 5.70. The molecule has 0 bridgehead atoms. The maximum atomic E-state index is 5.70. The Balaban J connectivity index is 1.99. The minimum absolute atomic E-state index is 0.381. The van der Waals surface area contributed by atoms with Crippen molar-refractivity contribution in [3.05, 3.63) is 47.6 Å². The SMILES string of the molecule is Clc1cncc(NCc2cccnc2)n1. The molecule has 0 saturated carbocycles. The largest absolute Gasteiger partial charge is 0.365 e. The van der Waals surface area contributed by atoms with Gasteiger partial charge in [0, 0.05) is 18.9 Å². The smallest absolute Gasteiger partial charge is 0.149 e. The lowest BCUT2D eigenvalue weighted by Crippen LogP contribution is -2.01. The van der Waals surface area contributed by atoms with E-state index < -0.39 is 0 Å². The Hall–Kier alpha value is -1.68. The first-order valence-corrected chi connectivity index (χ1v) is 4.83. The fourth-order valence-corrected chi connectivity index (χ4v) is 1.27. The van der Waals surface area contributed by atoms with Crippen molar-refractivity contribution in [2.75, 3.05) is 5.32 Å². The zero-order chi connectivity index (χ0) is 10.5. The molecule has 0 aliphatic carbocycles. The summed E-state index contributed by atoms with van der Waals surface area (Å²) in [6.07, 6.45) is 6.66. The number of hydrogen-bond donors (Lipinski definition) is 1. The van der Waals surface area contributed by atoms with Gasteiger partial charge in [-0.2, -0.15) is 0 Å². The maximum Gasteiger partial charge on any atom is 0.149 e. The van der Waals surface area contributed by atoms with Gasteiger partial charge >= 0.3 is 0 Å². The van der Waals surface area contributed by atoms with Crippen LogP contribution in [0.3, 0.4) is 0 Å². The van der Waals surface area contributed by atoms with Gasteiger partial charge in [0.2, 0.25) is 0 Å². The molecule has 2 rings (SSSR count). The molecule has 15 heavy (non-hydrogen) atoms. The molecule has 1 N–H and O–H groups in total. The molecule has 76 valence electrons. The zero-order valence-electron chi connectivity index (χ0n) is 7.89. The first-order valence-electron chi connectivity index (χ1n) is 4.45. The summed E-state index contributed by atoms with van der Waals surface area (Å²) < 4.78 is 0. The number of nitrogens with zero attached hydrogens (tertiary/aromatic N) is 3. The number of aromatic nitrogens is 3. The molecule has 2 aromatic heterocycles. The summed E-state index contributed by atoms with van der Waals surface area (Å²) in [6, 6.07) is 3.87. The Morgan fingerprint density at radius 2 is 2.13 bits per heavy atom. The van der Waals surface area contributed by atoms with Crippen molar-refractivity contribution in [3.8, 4) is 0 Å². The van der Waals surface area contributed by atoms with Gasteiger partial charge in [-0.15, -0.1) is 0 Å². The lowest BCUT2D eigenvalue weighted by atomic mass is 10.3. The first kappa shape index (κ1) is 9.86. The molecule has 0 aliphatic heterocycles. The van der Waals surface area contributed by atoms with E-state index in [9.17, 15) is 0 Å². The second-order valence-corrected chi connectivity index (χ2v) is 3.33. The van der Waals surface area contributed by atoms with E-state index >= 15 is 0 Å². The van der Waals surface area contributed by atoms with Crippen LogP contribution in [0.4, 0.5) is 5.82 Å². The molecule has 0 radical (unpaired) electrons. The lowest BCUT2D eigenvalue weighted by Gasteiger charge is -2.04. The van der Waals surface area contributed by atoms with Gasteiger partial charge in [0.15, 0.2) is 0 Å². The summed E-state index contributed by atoms with van der Waals surface area (Å²) in [4.78, 5) is 12.0. The van der Waals surface area contributed by atoms with Crippen molar-refractivity contribution in [2.24, 2.45) is 0 Å². The molecular weight excluding hydrogens is 212 g/mol. The monoisotopic (exact) mass is 220 g/mol. The van der Waals surface area contributed by atoms with Crippen LogP contribution in [0.1, 0.15) is 5.56 Å². The number of pyridine rings is 1. The first-order chi connectivity index (χ1) is 7.34. The van der Waals surface area contributed by atoms with E-state index in [0.29, 0.717) is 17.5 Å². The molecule has 4 nitrogen and oxygen atoms in total. The second kappa shape index (κ2) is 4.70.